The lowest BCUT2D eigenvalue weighted by atomic mass is 9.95. The molecule has 1 aromatic carbocycles. The fourth-order valence-corrected chi connectivity index (χ4v) is 3.77. The second-order valence-corrected chi connectivity index (χ2v) is 7.25. The summed E-state index contributed by atoms with van der Waals surface area (Å²) in [6.07, 6.45) is 6.20. The quantitative estimate of drug-likeness (QED) is 0.676. The van der Waals surface area contributed by atoms with Crippen LogP contribution in [0.4, 0.5) is 10.5 Å². The van der Waals surface area contributed by atoms with E-state index in [-0.39, 0.29) is 6.03 Å². The van der Waals surface area contributed by atoms with Crippen molar-refractivity contribution in [2.24, 2.45) is 0 Å². The van der Waals surface area contributed by atoms with Crippen molar-refractivity contribution in [3.05, 3.63) is 64.9 Å². The van der Waals surface area contributed by atoms with Crippen LogP contribution in [0.2, 0.25) is 5.02 Å². The average Bonchev–Trinajstić information content (AvgIpc) is 3.08. The highest BCUT2D eigenvalue weighted by molar-refractivity contribution is 6.30. The summed E-state index contributed by atoms with van der Waals surface area (Å²) in [5.41, 5.74) is 5.11. The Morgan fingerprint density at radius 2 is 2.04 bits per heavy atom. The number of halogens is 1. The van der Waals surface area contributed by atoms with Crippen LogP contribution in [0.25, 0.3) is 11.4 Å². The Morgan fingerprint density at radius 3 is 2.86 bits per heavy atom. The molecule has 28 heavy (non-hydrogen) atoms. The van der Waals surface area contributed by atoms with Gasteiger partial charge < -0.3 is 10.6 Å². The van der Waals surface area contributed by atoms with Gasteiger partial charge in [0.05, 0.1) is 12.2 Å². The van der Waals surface area contributed by atoms with Gasteiger partial charge in [0, 0.05) is 34.7 Å². The molecule has 4 rings (SSSR count). The molecule has 1 aliphatic carbocycles. The molecule has 0 bridgehead atoms. The molecule has 2 N–H and O–H groups in total. The third-order valence-corrected chi connectivity index (χ3v) is 5.09. The second kappa shape index (κ2) is 8.44. The number of hydrogen-bond acceptors (Lipinski definition) is 3. The maximum absolute atomic E-state index is 12.1. The molecular weight excluding hydrogens is 374 g/mol. The van der Waals surface area contributed by atoms with E-state index in [0.29, 0.717) is 23.8 Å². The SMILES string of the molecule is O=C(NCCn1nc(-c2ccccn2)c2c1CCCC2)Nc1cccc(Cl)c1. The zero-order valence-electron chi connectivity index (χ0n) is 15.5. The highest BCUT2D eigenvalue weighted by Crippen LogP contribution is 2.30. The monoisotopic (exact) mass is 395 g/mol. The van der Waals surface area contributed by atoms with Crippen LogP contribution >= 0.6 is 11.6 Å². The van der Waals surface area contributed by atoms with E-state index in [2.05, 4.69) is 15.6 Å². The minimum atomic E-state index is -0.256. The molecule has 3 aromatic rings. The molecule has 7 heteroatoms. The first-order valence-electron chi connectivity index (χ1n) is 9.51. The van der Waals surface area contributed by atoms with Crippen molar-refractivity contribution in [2.45, 2.75) is 32.2 Å². The number of fused-ring (bicyclic) bond motifs is 1. The predicted octanol–water partition coefficient (Wildman–Crippen LogP) is 4.30. The van der Waals surface area contributed by atoms with Gasteiger partial charge in [0.15, 0.2) is 0 Å². The van der Waals surface area contributed by atoms with Crippen LogP contribution in [0.1, 0.15) is 24.1 Å². The first-order valence-corrected chi connectivity index (χ1v) is 9.89. The lowest BCUT2D eigenvalue weighted by molar-refractivity contribution is 0.251. The third-order valence-electron chi connectivity index (χ3n) is 4.86. The molecule has 0 fully saturated rings. The van der Waals surface area contributed by atoms with E-state index in [1.807, 2.05) is 22.9 Å². The first kappa shape index (κ1) is 18.5. The fourth-order valence-electron chi connectivity index (χ4n) is 3.58. The summed E-state index contributed by atoms with van der Waals surface area (Å²) in [6.45, 7) is 1.11. The van der Waals surface area contributed by atoms with E-state index in [9.17, 15) is 4.79 Å². The largest absolute Gasteiger partial charge is 0.336 e. The molecule has 0 unspecified atom stereocenters. The first-order chi connectivity index (χ1) is 13.7. The summed E-state index contributed by atoms with van der Waals surface area (Å²) >= 11 is 5.94. The number of rotatable bonds is 5. The number of aromatic nitrogens is 3. The Balaban J connectivity index is 1.42. The lowest BCUT2D eigenvalue weighted by Gasteiger charge is -2.14. The summed E-state index contributed by atoms with van der Waals surface area (Å²) in [5, 5.41) is 11.1. The number of amides is 2. The topological polar surface area (TPSA) is 71.8 Å². The van der Waals surface area contributed by atoms with Gasteiger partial charge in [0.2, 0.25) is 0 Å². The average molecular weight is 396 g/mol. The van der Waals surface area contributed by atoms with Crippen LogP contribution in [0, 0.1) is 0 Å². The van der Waals surface area contributed by atoms with Crippen LogP contribution in [0.5, 0.6) is 0 Å². The van der Waals surface area contributed by atoms with E-state index in [0.717, 1.165) is 24.2 Å². The van der Waals surface area contributed by atoms with Crippen molar-refractivity contribution in [1.29, 1.82) is 0 Å². The van der Waals surface area contributed by atoms with Gasteiger partial charge in [-0.3, -0.25) is 9.67 Å². The normalized spacial score (nSPS) is 13.0. The zero-order valence-corrected chi connectivity index (χ0v) is 16.2. The summed E-state index contributed by atoms with van der Waals surface area (Å²) < 4.78 is 2.03. The molecule has 0 saturated carbocycles. The van der Waals surface area contributed by atoms with Crippen molar-refractivity contribution in [1.82, 2.24) is 20.1 Å². The summed E-state index contributed by atoms with van der Waals surface area (Å²) in [7, 11) is 0. The van der Waals surface area contributed by atoms with Crippen molar-refractivity contribution >= 4 is 23.3 Å². The van der Waals surface area contributed by atoms with Crippen molar-refractivity contribution in [3.8, 4) is 11.4 Å². The van der Waals surface area contributed by atoms with Gasteiger partial charge in [-0.15, -0.1) is 0 Å². The molecule has 2 heterocycles. The maximum Gasteiger partial charge on any atom is 0.319 e. The van der Waals surface area contributed by atoms with Crippen LogP contribution in [-0.4, -0.2) is 27.3 Å². The number of pyridine rings is 1. The number of hydrogen-bond donors (Lipinski definition) is 2. The van der Waals surface area contributed by atoms with E-state index < -0.39 is 0 Å². The molecule has 1 aliphatic rings. The molecule has 144 valence electrons. The molecule has 6 nitrogen and oxygen atoms in total. The smallest absolute Gasteiger partial charge is 0.319 e. The molecule has 0 saturated heterocycles. The number of carbonyl (C=O) groups excluding carboxylic acids is 1. The lowest BCUT2D eigenvalue weighted by Crippen LogP contribution is -2.32. The molecule has 0 aliphatic heterocycles. The Labute approximate surface area is 168 Å². The van der Waals surface area contributed by atoms with Gasteiger partial charge in [-0.1, -0.05) is 23.7 Å². The molecule has 0 atom stereocenters. The fraction of sp³-hybridized carbons (Fsp3) is 0.286. The van der Waals surface area contributed by atoms with E-state index in [1.54, 1.807) is 30.5 Å². The number of benzene rings is 1. The zero-order chi connectivity index (χ0) is 19.3. The minimum absolute atomic E-state index is 0.256. The highest BCUT2D eigenvalue weighted by atomic mass is 35.5. The van der Waals surface area contributed by atoms with Crippen LogP contribution in [0.3, 0.4) is 0 Å². The predicted molar refractivity (Wildman–Crippen MR) is 111 cm³/mol. The molecule has 2 aromatic heterocycles. The van der Waals surface area contributed by atoms with E-state index in [1.165, 1.54) is 24.1 Å². The summed E-state index contributed by atoms with van der Waals surface area (Å²) in [4.78, 5) is 16.6. The van der Waals surface area contributed by atoms with Gasteiger partial charge in [0.1, 0.15) is 5.69 Å². The number of urea groups is 1. The second-order valence-electron chi connectivity index (χ2n) is 6.81. The van der Waals surface area contributed by atoms with Crippen LogP contribution in [0.15, 0.2) is 48.7 Å². The van der Waals surface area contributed by atoms with E-state index >= 15 is 0 Å². The standard InChI is InChI=1S/C21H22ClN5O/c22-15-6-5-7-16(14-15)25-21(28)24-12-13-27-19-10-2-1-8-17(19)20(26-27)18-9-3-4-11-23-18/h3-7,9,11,14H,1-2,8,10,12-13H2,(H2,24,25,28). The van der Waals surface area contributed by atoms with Gasteiger partial charge in [0.25, 0.3) is 0 Å². The van der Waals surface area contributed by atoms with Gasteiger partial charge >= 0.3 is 6.03 Å². The molecule has 0 spiro atoms. The summed E-state index contributed by atoms with van der Waals surface area (Å²) in [5.74, 6) is 0. The number of carbonyl (C=O) groups is 1. The van der Waals surface area contributed by atoms with Crippen molar-refractivity contribution < 1.29 is 4.79 Å². The number of anilines is 1. The van der Waals surface area contributed by atoms with Crippen LogP contribution < -0.4 is 10.6 Å². The molecule has 2 amide bonds. The highest BCUT2D eigenvalue weighted by Gasteiger charge is 2.22. The Bertz CT molecular complexity index is 970. The molecule has 0 radical (unpaired) electrons. The van der Waals surface area contributed by atoms with Crippen LogP contribution in [-0.2, 0) is 19.4 Å². The number of nitrogens with zero attached hydrogens (tertiary/aromatic N) is 3. The Morgan fingerprint density at radius 1 is 1.14 bits per heavy atom. The van der Waals surface area contributed by atoms with E-state index in [4.69, 9.17) is 16.7 Å². The summed E-state index contributed by atoms with van der Waals surface area (Å²) in [6, 6.07) is 12.7. The number of nitrogens with one attached hydrogen (secondary N) is 2. The maximum atomic E-state index is 12.1. The van der Waals surface area contributed by atoms with Gasteiger partial charge in [-0.25, -0.2) is 4.79 Å². The van der Waals surface area contributed by atoms with Gasteiger partial charge in [-0.2, -0.15) is 5.10 Å². The van der Waals surface area contributed by atoms with Crippen molar-refractivity contribution in [2.75, 3.05) is 11.9 Å². The van der Waals surface area contributed by atoms with Gasteiger partial charge in [-0.05, 0) is 56.0 Å². The van der Waals surface area contributed by atoms with Crippen molar-refractivity contribution in [3.63, 3.8) is 0 Å². The Hall–Kier alpha value is -2.86. The Kier molecular flexibility index (Phi) is 5.58. The third kappa shape index (κ3) is 4.17. The molecular formula is C21H22ClN5O. The minimum Gasteiger partial charge on any atom is -0.336 e.